The zero-order valence-electron chi connectivity index (χ0n) is 8.04. The van der Waals surface area contributed by atoms with Crippen molar-refractivity contribution in [1.82, 2.24) is 15.0 Å². The fourth-order valence-electron chi connectivity index (χ4n) is 1.34. The number of pyridine rings is 1. The SMILES string of the molecule is Nc1ncccc1C(N)c1ccncn1. The van der Waals surface area contributed by atoms with Crippen molar-refractivity contribution < 1.29 is 0 Å². The molecule has 2 rings (SSSR count). The minimum atomic E-state index is -0.360. The van der Waals surface area contributed by atoms with E-state index in [2.05, 4.69) is 15.0 Å². The van der Waals surface area contributed by atoms with Crippen LogP contribution < -0.4 is 11.5 Å². The Labute approximate surface area is 87.2 Å². The summed E-state index contributed by atoms with van der Waals surface area (Å²) in [7, 11) is 0. The van der Waals surface area contributed by atoms with Crippen LogP contribution in [-0.2, 0) is 0 Å². The van der Waals surface area contributed by atoms with Crippen molar-refractivity contribution in [3.63, 3.8) is 0 Å². The average molecular weight is 201 g/mol. The van der Waals surface area contributed by atoms with Gasteiger partial charge in [0.25, 0.3) is 0 Å². The van der Waals surface area contributed by atoms with E-state index in [1.165, 1.54) is 6.33 Å². The second kappa shape index (κ2) is 4.02. The van der Waals surface area contributed by atoms with Gasteiger partial charge in [0.05, 0.1) is 11.7 Å². The molecule has 2 aromatic rings. The van der Waals surface area contributed by atoms with Crippen LogP contribution in [0, 0.1) is 0 Å². The molecule has 0 bridgehead atoms. The van der Waals surface area contributed by atoms with E-state index in [0.717, 1.165) is 11.3 Å². The summed E-state index contributed by atoms with van der Waals surface area (Å²) in [5, 5.41) is 0. The zero-order chi connectivity index (χ0) is 10.7. The third-order valence-corrected chi connectivity index (χ3v) is 2.13. The van der Waals surface area contributed by atoms with Gasteiger partial charge in [0.1, 0.15) is 12.1 Å². The summed E-state index contributed by atoms with van der Waals surface area (Å²) in [5.41, 5.74) is 13.2. The smallest absolute Gasteiger partial charge is 0.128 e. The minimum Gasteiger partial charge on any atom is -0.383 e. The Kier molecular flexibility index (Phi) is 2.55. The van der Waals surface area contributed by atoms with E-state index < -0.39 is 0 Å². The Morgan fingerprint density at radius 2 is 2.00 bits per heavy atom. The molecule has 0 fully saturated rings. The molecular formula is C10H11N5. The summed E-state index contributed by atoms with van der Waals surface area (Å²) in [4.78, 5) is 11.9. The van der Waals surface area contributed by atoms with E-state index in [0.29, 0.717) is 5.82 Å². The van der Waals surface area contributed by atoms with E-state index in [1.54, 1.807) is 24.5 Å². The Hall–Kier alpha value is -2.01. The molecule has 0 aromatic carbocycles. The molecule has 0 aliphatic rings. The maximum atomic E-state index is 6.01. The molecule has 0 spiro atoms. The van der Waals surface area contributed by atoms with Crippen molar-refractivity contribution in [3.05, 3.63) is 48.2 Å². The van der Waals surface area contributed by atoms with Crippen LogP contribution >= 0.6 is 0 Å². The fourth-order valence-corrected chi connectivity index (χ4v) is 1.34. The highest BCUT2D eigenvalue weighted by atomic mass is 14.9. The molecule has 1 atom stereocenters. The van der Waals surface area contributed by atoms with Crippen LogP contribution in [0.25, 0.3) is 0 Å². The Bertz CT molecular complexity index is 443. The molecule has 5 nitrogen and oxygen atoms in total. The topological polar surface area (TPSA) is 90.7 Å². The third-order valence-electron chi connectivity index (χ3n) is 2.13. The molecule has 0 saturated carbocycles. The average Bonchev–Trinajstić information content (AvgIpc) is 2.30. The normalized spacial score (nSPS) is 12.3. The van der Waals surface area contributed by atoms with Gasteiger partial charge in [-0.05, 0) is 12.1 Å². The Balaban J connectivity index is 2.37. The molecule has 0 radical (unpaired) electrons. The summed E-state index contributed by atoms with van der Waals surface area (Å²) in [6, 6.07) is 5.04. The number of rotatable bonds is 2. The summed E-state index contributed by atoms with van der Waals surface area (Å²) >= 11 is 0. The second-order valence-corrected chi connectivity index (χ2v) is 3.09. The van der Waals surface area contributed by atoms with E-state index in [1.807, 2.05) is 6.07 Å². The number of nitrogens with two attached hydrogens (primary N) is 2. The highest BCUT2D eigenvalue weighted by Gasteiger charge is 2.12. The summed E-state index contributed by atoms with van der Waals surface area (Å²) in [6.45, 7) is 0. The molecule has 2 heterocycles. The van der Waals surface area contributed by atoms with E-state index in [4.69, 9.17) is 11.5 Å². The predicted octanol–water partition coefficient (Wildman–Crippen LogP) is 0.502. The van der Waals surface area contributed by atoms with E-state index >= 15 is 0 Å². The van der Waals surface area contributed by atoms with Crippen LogP contribution in [0.3, 0.4) is 0 Å². The van der Waals surface area contributed by atoms with Gasteiger partial charge < -0.3 is 11.5 Å². The Morgan fingerprint density at radius 3 is 2.67 bits per heavy atom. The lowest BCUT2D eigenvalue weighted by Crippen LogP contribution is -2.15. The number of nitrogen functional groups attached to an aromatic ring is 1. The maximum absolute atomic E-state index is 6.01. The first-order valence-corrected chi connectivity index (χ1v) is 4.51. The third kappa shape index (κ3) is 1.92. The molecule has 76 valence electrons. The Morgan fingerprint density at radius 1 is 1.13 bits per heavy atom. The first kappa shape index (κ1) is 9.54. The van der Waals surface area contributed by atoms with Gasteiger partial charge in [0, 0.05) is 18.0 Å². The van der Waals surface area contributed by atoms with Crippen molar-refractivity contribution in [3.8, 4) is 0 Å². The number of nitrogens with zero attached hydrogens (tertiary/aromatic N) is 3. The molecule has 1 unspecified atom stereocenters. The van der Waals surface area contributed by atoms with Crippen LogP contribution in [0.1, 0.15) is 17.3 Å². The molecule has 2 aromatic heterocycles. The first-order chi connectivity index (χ1) is 7.29. The number of hydrogen-bond donors (Lipinski definition) is 2. The molecule has 5 heteroatoms. The molecule has 0 aliphatic heterocycles. The predicted molar refractivity (Wildman–Crippen MR) is 56.7 cm³/mol. The number of aromatic nitrogens is 3. The van der Waals surface area contributed by atoms with Crippen molar-refractivity contribution in [2.45, 2.75) is 6.04 Å². The minimum absolute atomic E-state index is 0.360. The van der Waals surface area contributed by atoms with Crippen LogP contribution in [0.5, 0.6) is 0 Å². The van der Waals surface area contributed by atoms with Gasteiger partial charge in [-0.25, -0.2) is 15.0 Å². The lowest BCUT2D eigenvalue weighted by Gasteiger charge is -2.12. The molecular weight excluding hydrogens is 190 g/mol. The molecule has 0 aliphatic carbocycles. The van der Waals surface area contributed by atoms with E-state index in [9.17, 15) is 0 Å². The van der Waals surface area contributed by atoms with Gasteiger partial charge >= 0.3 is 0 Å². The monoisotopic (exact) mass is 201 g/mol. The van der Waals surface area contributed by atoms with Gasteiger partial charge in [-0.3, -0.25) is 0 Å². The fraction of sp³-hybridized carbons (Fsp3) is 0.100. The lowest BCUT2D eigenvalue weighted by molar-refractivity contribution is 0.818. The summed E-state index contributed by atoms with van der Waals surface area (Å²) < 4.78 is 0. The van der Waals surface area contributed by atoms with Crippen LogP contribution in [-0.4, -0.2) is 15.0 Å². The number of anilines is 1. The van der Waals surface area contributed by atoms with Crippen molar-refractivity contribution in [2.24, 2.45) is 5.73 Å². The van der Waals surface area contributed by atoms with Crippen molar-refractivity contribution >= 4 is 5.82 Å². The molecule has 0 saturated heterocycles. The van der Waals surface area contributed by atoms with Crippen LogP contribution in [0.4, 0.5) is 5.82 Å². The highest BCUT2D eigenvalue weighted by molar-refractivity contribution is 5.43. The lowest BCUT2D eigenvalue weighted by atomic mass is 10.1. The van der Waals surface area contributed by atoms with Gasteiger partial charge in [-0.2, -0.15) is 0 Å². The highest BCUT2D eigenvalue weighted by Crippen LogP contribution is 2.20. The maximum Gasteiger partial charge on any atom is 0.128 e. The first-order valence-electron chi connectivity index (χ1n) is 4.51. The molecule has 15 heavy (non-hydrogen) atoms. The van der Waals surface area contributed by atoms with Crippen LogP contribution in [0.15, 0.2) is 36.9 Å². The zero-order valence-corrected chi connectivity index (χ0v) is 8.04. The van der Waals surface area contributed by atoms with Gasteiger partial charge in [-0.15, -0.1) is 0 Å². The standard InChI is InChI=1S/C10H11N5/c11-9(8-3-5-13-6-15-8)7-2-1-4-14-10(7)12/h1-6,9H,11H2,(H2,12,14). The summed E-state index contributed by atoms with van der Waals surface area (Å²) in [6.07, 6.45) is 4.74. The van der Waals surface area contributed by atoms with Crippen LogP contribution in [0.2, 0.25) is 0 Å². The van der Waals surface area contributed by atoms with Gasteiger partial charge in [0.2, 0.25) is 0 Å². The number of hydrogen-bond acceptors (Lipinski definition) is 5. The van der Waals surface area contributed by atoms with Gasteiger partial charge in [-0.1, -0.05) is 6.07 Å². The second-order valence-electron chi connectivity index (χ2n) is 3.09. The molecule has 4 N–H and O–H groups in total. The quantitative estimate of drug-likeness (QED) is 0.738. The molecule has 0 amide bonds. The largest absolute Gasteiger partial charge is 0.383 e. The van der Waals surface area contributed by atoms with E-state index in [-0.39, 0.29) is 6.04 Å². The van der Waals surface area contributed by atoms with Crippen molar-refractivity contribution in [2.75, 3.05) is 5.73 Å². The summed E-state index contributed by atoms with van der Waals surface area (Å²) in [5.74, 6) is 0.434. The van der Waals surface area contributed by atoms with Crippen molar-refractivity contribution in [1.29, 1.82) is 0 Å². The van der Waals surface area contributed by atoms with Gasteiger partial charge in [0.15, 0.2) is 0 Å².